The van der Waals surface area contributed by atoms with E-state index in [1.165, 1.54) is 12.8 Å². The molecule has 0 saturated heterocycles. The summed E-state index contributed by atoms with van der Waals surface area (Å²) in [6.07, 6.45) is 2.91. The third-order valence-electron chi connectivity index (χ3n) is 3.22. The van der Waals surface area contributed by atoms with E-state index < -0.39 is 0 Å². The molecule has 2 rings (SSSR count). The van der Waals surface area contributed by atoms with E-state index in [0.29, 0.717) is 19.1 Å². The van der Waals surface area contributed by atoms with Crippen LogP contribution in [0.5, 0.6) is 5.75 Å². The van der Waals surface area contributed by atoms with Crippen LogP contribution >= 0.6 is 15.9 Å². The Labute approximate surface area is 134 Å². The second-order valence-corrected chi connectivity index (χ2v) is 6.64. The molecule has 1 aromatic carbocycles. The molecule has 1 amide bonds. The Kier molecular flexibility index (Phi) is 6.06. The number of hydrogen-bond acceptors (Lipinski definition) is 3. The van der Waals surface area contributed by atoms with E-state index in [1.54, 1.807) is 0 Å². The Morgan fingerprint density at radius 3 is 2.86 bits per heavy atom. The van der Waals surface area contributed by atoms with Crippen LogP contribution in [0.3, 0.4) is 0 Å². The van der Waals surface area contributed by atoms with Crippen molar-refractivity contribution < 1.29 is 9.53 Å². The highest BCUT2D eigenvalue weighted by Gasteiger charge is 2.20. The fraction of sp³-hybridized carbons (Fsp3) is 0.562. The smallest absolute Gasteiger partial charge is 0.223 e. The molecule has 21 heavy (non-hydrogen) atoms. The van der Waals surface area contributed by atoms with Crippen LogP contribution < -0.4 is 15.4 Å². The molecule has 0 spiro atoms. The van der Waals surface area contributed by atoms with Crippen molar-refractivity contribution in [3.63, 3.8) is 0 Å². The fourth-order valence-corrected chi connectivity index (χ4v) is 2.43. The second-order valence-electron chi connectivity index (χ2n) is 5.73. The zero-order chi connectivity index (χ0) is 15.2. The number of nitrogens with one attached hydrogen (secondary N) is 2. The number of hydrogen-bond donors (Lipinski definition) is 2. The topological polar surface area (TPSA) is 50.4 Å². The molecule has 0 bridgehead atoms. The van der Waals surface area contributed by atoms with Crippen molar-refractivity contribution in [2.24, 2.45) is 0 Å². The van der Waals surface area contributed by atoms with E-state index in [0.717, 1.165) is 22.3 Å². The zero-order valence-corrected chi connectivity index (χ0v) is 14.2. The van der Waals surface area contributed by atoms with E-state index in [4.69, 9.17) is 4.74 Å². The molecule has 0 atom stereocenters. The average molecular weight is 355 g/mol. The van der Waals surface area contributed by atoms with Crippen molar-refractivity contribution in [1.29, 1.82) is 0 Å². The van der Waals surface area contributed by atoms with Crippen molar-refractivity contribution in [2.75, 3.05) is 6.61 Å². The standard InChI is InChI=1S/C16H23BrN2O2/c1-11(2)19-16(20)7-8-21-15-6-3-13(17)9-12(15)10-18-14-4-5-14/h3,6,9,11,14,18H,4-5,7-8,10H2,1-2H3,(H,19,20). The van der Waals surface area contributed by atoms with Gasteiger partial charge in [0.25, 0.3) is 0 Å². The summed E-state index contributed by atoms with van der Waals surface area (Å²) in [5, 5.41) is 6.35. The maximum absolute atomic E-state index is 11.6. The predicted molar refractivity (Wildman–Crippen MR) is 87.4 cm³/mol. The molecule has 0 radical (unpaired) electrons. The van der Waals surface area contributed by atoms with E-state index in [9.17, 15) is 4.79 Å². The van der Waals surface area contributed by atoms with Gasteiger partial charge in [-0.05, 0) is 44.9 Å². The SMILES string of the molecule is CC(C)NC(=O)CCOc1ccc(Br)cc1CNC1CC1. The summed E-state index contributed by atoms with van der Waals surface area (Å²) in [5.41, 5.74) is 1.13. The van der Waals surface area contributed by atoms with Crippen molar-refractivity contribution in [3.8, 4) is 5.75 Å². The quantitative estimate of drug-likeness (QED) is 0.754. The van der Waals surface area contributed by atoms with Crippen LogP contribution in [0.25, 0.3) is 0 Å². The Balaban J connectivity index is 1.84. The molecular weight excluding hydrogens is 332 g/mol. The minimum atomic E-state index is 0.0276. The summed E-state index contributed by atoms with van der Waals surface area (Å²) in [6, 6.07) is 6.81. The summed E-state index contributed by atoms with van der Waals surface area (Å²) in [6.45, 7) is 5.11. The first kappa shape index (κ1) is 16.3. The van der Waals surface area contributed by atoms with Crippen molar-refractivity contribution >= 4 is 21.8 Å². The maximum atomic E-state index is 11.6. The highest BCUT2D eigenvalue weighted by atomic mass is 79.9. The van der Waals surface area contributed by atoms with Gasteiger partial charge in [0, 0.05) is 28.7 Å². The predicted octanol–water partition coefficient (Wildman–Crippen LogP) is 2.99. The molecule has 1 aliphatic rings. The Morgan fingerprint density at radius 2 is 2.19 bits per heavy atom. The second kappa shape index (κ2) is 7.80. The first-order valence-corrected chi connectivity index (χ1v) is 8.28. The number of ether oxygens (including phenoxy) is 1. The van der Waals surface area contributed by atoms with E-state index in [1.807, 2.05) is 26.0 Å². The average Bonchev–Trinajstić information content (AvgIpc) is 3.21. The van der Waals surface area contributed by atoms with Crippen LogP contribution in [0.15, 0.2) is 22.7 Å². The molecule has 0 heterocycles. The number of amides is 1. The van der Waals surface area contributed by atoms with Gasteiger partial charge in [-0.3, -0.25) is 4.79 Å². The third kappa shape index (κ3) is 6.06. The van der Waals surface area contributed by atoms with Crippen LogP contribution in [0, 0.1) is 0 Å². The fourth-order valence-electron chi connectivity index (χ4n) is 2.02. The molecule has 1 aromatic rings. The van der Waals surface area contributed by atoms with Gasteiger partial charge in [-0.2, -0.15) is 0 Å². The monoisotopic (exact) mass is 354 g/mol. The van der Waals surface area contributed by atoms with Gasteiger partial charge in [-0.15, -0.1) is 0 Å². The van der Waals surface area contributed by atoms with Gasteiger partial charge < -0.3 is 15.4 Å². The summed E-state index contributed by atoms with van der Waals surface area (Å²) in [5.74, 6) is 0.878. The number of rotatable bonds is 8. The first-order chi connectivity index (χ1) is 10.0. The van der Waals surface area contributed by atoms with Gasteiger partial charge in [0.05, 0.1) is 13.0 Å². The lowest BCUT2D eigenvalue weighted by molar-refractivity contribution is -0.122. The highest BCUT2D eigenvalue weighted by Crippen LogP contribution is 2.25. The molecule has 2 N–H and O–H groups in total. The third-order valence-corrected chi connectivity index (χ3v) is 3.71. The van der Waals surface area contributed by atoms with E-state index in [-0.39, 0.29) is 11.9 Å². The molecule has 1 fully saturated rings. The maximum Gasteiger partial charge on any atom is 0.223 e. The summed E-state index contributed by atoms with van der Waals surface area (Å²) in [7, 11) is 0. The van der Waals surface area contributed by atoms with E-state index >= 15 is 0 Å². The lowest BCUT2D eigenvalue weighted by Crippen LogP contribution is -2.31. The number of carbonyl (C=O) groups is 1. The van der Waals surface area contributed by atoms with Gasteiger partial charge >= 0.3 is 0 Å². The van der Waals surface area contributed by atoms with Crippen LogP contribution in [0.2, 0.25) is 0 Å². The molecule has 1 saturated carbocycles. The molecule has 0 aliphatic heterocycles. The Morgan fingerprint density at radius 1 is 1.43 bits per heavy atom. The lowest BCUT2D eigenvalue weighted by Gasteiger charge is -2.13. The minimum Gasteiger partial charge on any atom is -0.493 e. The summed E-state index contributed by atoms with van der Waals surface area (Å²) in [4.78, 5) is 11.6. The zero-order valence-electron chi connectivity index (χ0n) is 12.6. The molecule has 116 valence electrons. The number of carbonyl (C=O) groups excluding carboxylic acids is 1. The van der Waals surface area contributed by atoms with Gasteiger partial charge in [0.15, 0.2) is 0 Å². The number of benzene rings is 1. The highest BCUT2D eigenvalue weighted by molar-refractivity contribution is 9.10. The molecular formula is C16H23BrN2O2. The molecule has 4 nitrogen and oxygen atoms in total. The minimum absolute atomic E-state index is 0.0276. The Bertz CT molecular complexity index is 487. The van der Waals surface area contributed by atoms with Crippen molar-refractivity contribution in [2.45, 2.75) is 51.7 Å². The Hall–Kier alpha value is -1.07. The van der Waals surface area contributed by atoms with Crippen molar-refractivity contribution in [1.82, 2.24) is 10.6 Å². The lowest BCUT2D eigenvalue weighted by atomic mass is 10.2. The summed E-state index contributed by atoms with van der Waals surface area (Å²) >= 11 is 3.49. The largest absolute Gasteiger partial charge is 0.493 e. The van der Waals surface area contributed by atoms with Crippen LogP contribution in [0.1, 0.15) is 38.7 Å². The van der Waals surface area contributed by atoms with Crippen molar-refractivity contribution in [3.05, 3.63) is 28.2 Å². The van der Waals surface area contributed by atoms with Crippen LogP contribution in [0.4, 0.5) is 0 Å². The van der Waals surface area contributed by atoms with Crippen LogP contribution in [-0.4, -0.2) is 24.6 Å². The van der Waals surface area contributed by atoms with Gasteiger partial charge in [-0.25, -0.2) is 0 Å². The molecule has 1 aliphatic carbocycles. The molecule has 0 unspecified atom stereocenters. The molecule has 5 heteroatoms. The normalized spacial score (nSPS) is 14.3. The van der Waals surface area contributed by atoms with Gasteiger partial charge in [0.1, 0.15) is 5.75 Å². The summed E-state index contributed by atoms with van der Waals surface area (Å²) < 4.78 is 6.82. The van der Waals surface area contributed by atoms with Gasteiger partial charge in [0.2, 0.25) is 5.91 Å². The van der Waals surface area contributed by atoms with Gasteiger partial charge in [-0.1, -0.05) is 15.9 Å². The van der Waals surface area contributed by atoms with E-state index in [2.05, 4.69) is 32.6 Å². The molecule has 0 aromatic heterocycles. The first-order valence-electron chi connectivity index (χ1n) is 7.48. The number of halogens is 1. The van der Waals surface area contributed by atoms with Crippen LogP contribution in [-0.2, 0) is 11.3 Å².